The zero-order valence-corrected chi connectivity index (χ0v) is 23.4. The van der Waals surface area contributed by atoms with Crippen LogP contribution in [0.15, 0.2) is 89.7 Å². The monoisotopic (exact) mass is 535 g/mol. The maximum Gasteiger partial charge on any atom is 0.266 e. The molecule has 0 aliphatic heterocycles. The Kier molecular flexibility index (Phi) is 7.56. The highest BCUT2D eigenvalue weighted by Gasteiger charge is 2.29. The van der Waals surface area contributed by atoms with Crippen LogP contribution in [0.5, 0.6) is 11.5 Å². The van der Waals surface area contributed by atoms with Crippen LogP contribution in [0, 0.1) is 5.92 Å². The Bertz CT molecular complexity index is 1740. The Hall–Kier alpha value is -4.65. The van der Waals surface area contributed by atoms with Crippen molar-refractivity contribution in [1.29, 1.82) is 0 Å². The number of carbonyl (C=O) groups excluding carboxylic acids is 1. The van der Waals surface area contributed by atoms with Gasteiger partial charge in [-0.15, -0.1) is 0 Å². The molecule has 4 aromatic carbocycles. The topological polar surface area (TPSA) is 73.7 Å². The number of ether oxygens (including phenoxy) is 2. The second-order valence-electron chi connectivity index (χ2n) is 10.3. The minimum Gasteiger partial charge on any atom is -0.497 e. The van der Waals surface area contributed by atoms with Crippen LogP contribution in [0.3, 0.4) is 0 Å². The second kappa shape index (κ2) is 11.2. The van der Waals surface area contributed by atoms with Crippen LogP contribution in [0.4, 0.5) is 0 Å². The van der Waals surface area contributed by atoms with E-state index in [0.29, 0.717) is 46.0 Å². The van der Waals surface area contributed by atoms with Crippen LogP contribution in [-0.2, 0) is 0 Å². The van der Waals surface area contributed by atoms with Crippen molar-refractivity contribution in [3.8, 4) is 17.2 Å². The highest BCUT2D eigenvalue weighted by molar-refractivity contribution is 5.95. The predicted molar refractivity (Wildman–Crippen MR) is 159 cm³/mol. The van der Waals surface area contributed by atoms with Crippen molar-refractivity contribution >= 4 is 27.6 Å². The normalized spacial score (nSPS) is 12.1. The molecule has 0 aliphatic carbocycles. The Morgan fingerprint density at radius 2 is 1.50 bits per heavy atom. The molecule has 40 heavy (non-hydrogen) atoms. The summed E-state index contributed by atoms with van der Waals surface area (Å²) in [5, 5.41) is 2.61. The third kappa shape index (κ3) is 5.15. The third-order valence-corrected chi connectivity index (χ3v) is 7.06. The van der Waals surface area contributed by atoms with Crippen LogP contribution in [0.25, 0.3) is 27.4 Å². The van der Waals surface area contributed by atoms with E-state index < -0.39 is 6.04 Å². The zero-order chi connectivity index (χ0) is 28.4. The lowest BCUT2D eigenvalue weighted by molar-refractivity contribution is 0.0654. The summed E-state index contributed by atoms with van der Waals surface area (Å²) in [6, 6.07) is 25.9. The molecule has 0 fully saturated rings. The van der Waals surface area contributed by atoms with Gasteiger partial charge in [-0.1, -0.05) is 56.3 Å². The number of methoxy groups -OCH3 is 2. The van der Waals surface area contributed by atoms with Crippen molar-refractivity contribution in [2.75, 3.05) is 20.8 Å². The summed E-state index contributed by atoms with van der Waals surface area (Å²) < 4.78 is 12.5. The predicted octanol–water partition coefficient (Wildman–Crippen LogP) is 6.42. The molecule has 1 heterocycles. The van der Waals surface area contributed by atoms with Crippen molar-refractivity contribution in [2.24, 2.45) is 5.92 Å². The minimum absolute atomic E-state index is 0.167. The van der Waals surface area contributed by atoms with E-state index >= 15 is 0 Å². The van der Waals surface area contributed by atoms with Crippen molar-refractivity contribution in [3.05, 3.63) is 107 Å². The fraction of sp³-hybridized carbons (Fsp3) is 0.242. The molecule has 1 aromatic heterocycles. The first-order valence-electron chi connectivity index (χ1n) is 13.4. The molecule has 7 heteroatoms. The molecule has 1 amide bonds. The molecule has 0 saturated carbocycles. The number of hydrogen-bond acceptors (Lipinski definition) is 5. The van der Waals surface area contributed by atoms with Gasteiger partial charge in [-0.05, 0) is 60.0 Å². The summed E-state index contributed by atoms with van der Waals surface area (Å²) in [7, 11) is 3.11. The smallest absolute Gasteiger partial charge is 0.266 e. The average molecular weight is 536 g/mol. The van der Waals surface area contributed by atoms with E-state index in [1.165, 1.54) is 0 Å². The highest BCUT2D eigenvalue weighted by atomic mass is 16.5. The van der Waals surface area contributed by atoms with Gasteiger partial charge in [0.25, 0.3) is 11.5 Å². The number of hydrogen-bond donors (Lipinski definition) is 0. The van der Waals surface area contributed by atoms with Gasteiger partial charge in [-0.2, -0.15) is 0 Å². The molecule has 1 atom stereocenters. The van der Waals surface area contributed by atoms with Crippen LogP contribution in [-0.4, -0.2) is 41.1 Å². The number of amides is 1. The van der Waals surface area contributed by atoms with Crippen LogP contribution in [0.2, 0.25) is 0 Å². The van der Waals surface area contributed by atoms with E-state index in [-0.39, 0.29) is 17.4 Å². The van der Waals surface area contributed by atoms with Gasteiger partial charge in [0.15, 0.2) is 0 Å². The Labute approximate surface area is 233 Å². The van der Waals surface area contributed by atoms with Gasteiger partial charge >= 0.3 is 0 Å². The van der Waals surface area contributed by atoms with E-state index in [1.54, 1.807) is 48.0 Å². The molecule has 5 aromatic rings. The number of carbonyl (C=O) groups is 1. The van der Waals surface area contributed by atoms with Gasteiger partial charge in [0.05, 0.1) is 36.9 Å². The average Bonchev–Trinajstić information content (AvgIpc) is 2.98. The summed E-state index contributed by atoms with van der Waals surface area (Å²) in [6.07, 6.45) is 0. The Morgan fingerprint density at radius 1 is 0.850 bits per heavy atom. The van der Waals surface area contributed by atoms with E-state index in [9.17, 15) is 9.59 Å². The standard InChI is InChI=1S/C33H33N3O4/c1-21(2)20-35(32(37)25-17-27(39-4)19-28(18-25)40-5)22(3)31-34-30-13-9-8-12-29(30)33(38)36(31)26-15-14-23-10-6-7-11-24(23)16-26/h6-19,21-22H,20H2,1-5H3. The fourth-order valence-corrected chi connectivity index (χ4v) is 5.04. The molecule has 5 rings (SSSR count). The summed E-state index contributed by atoms with van der Waals surface area (Å²) >= 11 is 0. The van der Waals surface area contributed by atoms with Crippen LogP contribution >= 0.6 is 0 Å². The summed E-state index contributed by atoms with van der Waals surface area (Å²) in [5.41, 5.74) is 1.54. The van der Waals surface area contributed by atoms with E-state index in [2.05, 4.69) is 13.8 Å². The molecule has 0 radical (unpaired) electrons. The molecule has 1 unspecified atom stereocenters. The van der Waals surface area contributed by atoms with E-state index in [1.807, 2.05) is 67.6 Å². The first kappa shape index (κ1) is 26.9. The lowest BCUT2D eigenvalue weighted by Crippen LogP contribution is -2.39. The molecular weight excluding hydrogens is 502 g/mol. The number of aromatic nitrogens is 2. The number of rotatable bonds is 8. The van der Waals surface area contributed by atoms with E-state index in [4.69, 9.17) is 14.5 Å². The molecule has 7 nitrogen and oxygen atoms in total. The second-order valence-corrected chi connectivity index (χ2v) is 10.3. The molecule has 0 N–H and O–H groups in total. The Balaban J connectivity index is 1.71. The largest absolute Gasteiger partial charge is 0.497 e. The van der Waals surface area contributed by atoms with Gasteiger partial charge in [-0.3, -0.25) is 14.2 Å². The lowest BCUT2D eigenvalue weighted by atomic mass is 10.1. The minimum atomic E-state index is -0.532. The molecule has 0 bridgehead atoms. The molecule has 204 valence electrons. The van der Waals surface area contributed by atoms with Crippen molar-refractivity contribution in [3.63, 3.8) is 0 Å². The maximum absolute atomic E-state index is 14.1. The third-order valence-electron chi connectivity index (χ3n) is 7.06. The Morgan fingerprint density at radius 3 is 2.17 bits per heavy atom. The van der Waals surface area contributed by atoms with Crippen molar-refractivity contribution in [2.45, 2.75) is 26.8 Å². The fourth-order valence-electron chi connectivity index (χ4n) is 5.04. The number of fused-ring (bicyclic) bond motifs is 2. The first-order chi connectivity index (χ1) is 19.3. The van der Waals surface area contributed by atoms with Crippen LogP contribution in [0.1, 0.15) is 43.0 Å². The molecular formula is C33H33N3O4. The van der Waals surface area contributed by atoms with E-state index in [0.717, 1.165) is 10.8 Å². The van der Waals surface area contributed by atoms with Crippen LogP contribution < -0.4 is 15.0 Å². The highest BCUT2D eigenvalue weighted by Crippen LogP contribution is 2.29. The maximum atomic E-state index is 14.1. The number of para-hydroxylation sites is 1. The number of nitrogens with zero attached hydrogens (tertiary/aromatic N) is 3. The molecule has 0 aliphatic rings. The van der Waals surface area contributed by atoms with Crippen molar-refractivity contribution in [1.82, 2.24) is 14.5 Å². The first-order valence-corrected chi connectivity index (χ1v) is 13.4. The zero-order valence-electron chi connectivity index (χ0n) is 23.4. The van der Waals surface area contributed by atoms with Crippen molar-refractivity contribution < 1.29 is 14.3 Å². The molecule has 0 spiro atoms. The van der Waals surface area contributed by atoms with Gasteiger partial charge < -0.3 is 14.4 Å². The quantitative estimate of drug-likeness (QED) is 0.229. The van der Waals surface area contributed by atoms with Gasteiger partial charge in [0.2, 0.25) is 0 Å². The summed E-state index contributed by atoms with van der Waals surface area (Å²) in [6.45, 7) is 6.50. The van der Waals surface area contributed by atoms with Gasteiger partial charge in [0, 0.05) is 18.2 Å². The summed E-state index contributed by atoms with van der Waals surface area (Å²) in [5.74, 6) is 1.50. The SMILES string of the molecule is COc1cc(OC)cc(C(=O)N(CC(C)C)C(C)c2nc3ccccc3c(=O)n2-c2ccc3ccccc3c2)c1. The van der Waals surface area contributed by atoms with Gasteiger partial charge in [0.1, 0.15) is 17.3 Å². The lowest BCUT2D eigenvalue weighted by Gasteiger charge is -2.32. The number of benzene rings is 4. The van der Waals surface area contributed by atoms with Gasteiger partial charge in [-0.25, -0.2) is 4.98 Å². The molecule has 0 saturated heterocycles. The summed E-state index contributed by atoms with van der Waals surface area (Å²) in [4.78, 5) is 34.9.